The maximum Gasteiger partial charge on any atom is 0.240 e. The van der Waals surface area contributed by atoms with Crippen molar-refractivity contribution in [2.45, 2.75) is 65.0 Å². The summed E-state index contributed by atoms with van der Waals surface area (Å²) in [5.41, 5.74) is 0.0468. The van der Waals surface area contributed by atoms with Crippen molar-refractivity contribution in [3.05, 3.63) is 0 Å². The van der Waals surface area contributed by atoms with Crippen molar-refractivity contribution in [3.63, 3.8) is 0 Å². The van der Waals surface area contributed by atoms with Gasteiger partial charge in [0.15, 0.2) is 0 Å². The van der Waals surface area contributed by atoms with Crippen LogP contribution in [0.2, 0.25) is 0 Å². The minimum absolute atomic E-state index is 0.0468. The number of amides is 1. The van der Waals surface area contributed by atoms with Gasteiger partial charge in [0, 0.05) is 12.1 Å². The smallest absolute Gasteiger partial charge is 0.240 e. The SMILES string of the molecule is CCNC1CCCN(C(C)(CC)CC)C1=O. The van der Waals surface area contributed by atoms with E-state index in [1.54, 1.807) is 0 Å². The van der Waals surface area contributed by atoms with E-state index in [1.807, 2.05) is 0 Å². The van der Waals surface area contributed by atoms with Crippen LogP contribution in [-0.4, -0.2) is 35.5 Å². The van der Waals surface area contributed by atoms with E-state index in [0.717, 1.165) is 38.8 Å². The number of hydrogen-bond donors (Lipinski definition) is 1. The fourth-order valence-electron chi connectivity index (χ4n) is 2.48. The number of nitrogens with one attached hydrogen (secondary N) is 1. The second-order valence-corrected chi connectivity index (χ2v) is 4.95. The van der Waals surface area contributed by atoms with Crippen LogP contribution in [0.25, 0.3) is 0 Å². The lowest BCUT2D eigenvalue weighted by atomic mass is 9.89. The average Bonchev–Trinajstić information content (AvgIpc) is 2.31. The van der Waals surface area contributed by atoms with Crippen molar-refractivity contribution in [1.29, 1.82) is 0 Å². The zero-order valence-corrected chi connectivity index (χ0v) is 11.2. The first kappa shape index (κ1) is 13.5. The molecule has 0 aromatic heterocycles. The van der Waals surface area contributed by atoms with E-state index in [4.69, 9.17) is 0 Å². The first-order valence-electron chi connectivity index (χ1n) is 6.64. The third kappa shape index (κ3) is 2.57. The molecule has 1 unspecified atom stereocenters. The number of nitrogens with zero attached hydrogens (tertiary/aromatic N) is 1. The van der Waals surface area contributed by atoms with Gasteiger partial charge < -0.3 is 10.2 Å². The predicted octanol–water partition coefficient (Wildman–Crippen LogP) is 2.17. The summed E-state index contributed by atoms with van der Waals surface area (Å²) in [5, 5.41) is 3.29. The van der Waals surface area contributed by atoms with E-state index in [9.17, 15) is 4.79 Å². The van der Waals surface area contributed by atoms with Gasteiger partial charge in [-0.1, -0.05) is 20.8 Å². The van der Waals surface area contributed by atoms with Crippen molar-refractivity contribution in [2.24, 2.45) is 0 Å². The second-order valence-electron chi connectivity index (χ2n) is 4.95. The van der Waals surface area contributed by atoms with Crippen molar-refractivity contribution < 1.29 is 4.79 Å². The second kappa shape index (κ2) is 5.67. The number of piperidine rings is 1. The van der Waals surface area contributed by atoms with Gasteiger partial charge in [-0.2, -0.15) is 0 Å². The summed E-state index contributed by atoms with van der Waals surface area (Å²) in [4.78, 5) is 14.4. The molecule has 1 saturated heterocycles. The molecule has 0 aromatic rings. The molecule has 1 fully saturated rings. The van der Waals surface area contributed by atoms with Crippen molar-refractivity contribution in [3.8, 4) is 0 Å². The van der Waals surface area contributed by atoms with Gasteiger partial charge in [0.05, 0.1) is 6.04 Å². The Hall–Kier alpha value is -0.570. The molecule has 16 heavy (non-hydrogen) atoms. The van der Waals surface area contributed by atoms with E-state index >= 15 is 0 Å². The third-order valence-corrected chi connectivity index (χ3v) is 4.06. The number of rotatable bonds is 5. The average molecular weight is 226 g/mol. The first-order chi connectivity index (χ1) is 7.59. The quantitative estimate of drug-likeness (QED) is 0.779. The van der Waals surface area contributed by atoms with Gasteiger partial charge in [-0.05, 0) is 39.2 Å². The van der Waals surface area contributed by atoms with Crippen LogP contribution >= 0.6 is 0 Å². The minimum Gasteiger partial charge on any atom is -0.336 e. The Labute approximate surface area is 99.6 Å². The molecule has 0 spiro atoms. The Kier molecular flexibility index (Phi) is 4.78. The molecule has 0 aromatic carbocycles. The van der Waals surface area contributed by atoms with Gasteiger partial charge in [0.25, 0.3) is 0 Å². The molecule has 1 amide bonds. The van der Waals surface area contributed by atoms with Gasteiger partial charge >= 0.3 is 0 Å². The summed E-state index contributed by atoms with van der Waals surface area (Å²) < 4.78 is 0. The maximum absolute atomic E-state index is 12.3. The summed E-state index contributed by atoms with van der Waals surface area (Å²) in [6, 6.07) is 0.0520. The molecule has 1 heterocycles. The van der Waals surface area contributed by atoms with E-state index in [0.29, 0.717) is 5.91 Å². The summed E-state index contributed by atoms with van der Waals surface area (Å²) >= 11 is 0. The summed E-state index contributed by atoms with van der Waals surface area (Å²) in [6.07, 6.45) is 4.19. The Bertz CT molecular complexity index is 234. The molecular formula is C13H26N2O. The van der Waals surface area contributed by atoms with Crippen LogP contribution in [0, 0.1) is 0 Å². The van der Waals surface area contributed by atoms with Crippen LogP contribution in [0.3, 0.4) is 0 Å². The molecule has 0 saturated carbocycles. The monoisotopic (exact) mass is 226 g/mol. The number of carbonyl (C=O) groups is 1. The maximum atomic E-state index is 12.3. The van der Waals surface area contributed by atoms with Gasteiger partial charge in [-0.15, -0.1) is 0 Å². The topological polar surface area (TPSA) is 32.3 Å². The van der Waals surface area contributed by atoms with Crippen molar-refractivity contribution >= 4 is 5.91 Å². The van der Waals surface area contributed by atoms with Gasteiger partial charge in [-0.3, -0.25) is 4.79 Å². The highest BCUT2D eigenvalue weighted by Crippen LogP contribution is 2.27. The first-order valence-corrected chi connectivity index (χ1v) is 6.64. The molecule has 1 rings (SSSR count). The molecule has 0 bridgehead atoms. The fraction of sp³-hybridized carbons (Fsp3) is 0.923. The highest BCUT2D eigenvalue weighted by Gasteiger charge is 2.37. The highest BCUT2D eigenvalue weighted by molar-refractivity contribution is 5.83. The number of carbonyl (C=O) groups excluding carboxylic acids is 1. The van der Waals surface area contributed by atoms with Crippen molar-refractivity contribution in [2.75, 3.05) is 13.1 Å². The van der Waals surface area contributed by atoms with E-state index in [1.165, 1.54) is 0 Å². The van der Waals surface area contributed by atoms with Gasteiger partial charge in [0.2, 0.25) is 5.91 Å². The standard InChI is InChI=1S/C13H26N2O/c1-5-13(4,6-2)15-10-8-9-11(12(15)16)14-7-3/h11,14H,5-10H2,1-4H3. The number of likely N-dealkylation sites (N-methyl/N-ethyl adjacent to an activating group) is 1. The van der Waals surface area contributed by atoms with Crippen LogP contribution in [0.1, 0.15) is 53.4 Å². The Morgan fingerprint density at radius 2 is 2.00 bits per heavy atom. The van der Waals surface area contributed by atoms with E-state index in [2.05, 4.69) is 37.9 Å². The van der Waals surface area contributed by atoms with Gasteiger partial charge in [-0.25, -0.2) is 0 Å². The molecule has 3 nitrogen and oxygen atoms in total. The zero-order chi connectivity index (χ0) is 12.2. The lowest BCUT2D eigenvalue weighted by molar-refractivity contribution is -0.142. The highest BCUT2D eigenvalue weighted by atomic mass is 16.2. The minimum atomic E-state index is 0.0468. The largest absolute Gasteiger partial charge is 0.336 e. The summed E-state index contributed by atoms with van der Waals surface area (Å²) in [7, 11) is 0. The number of likely N-dealkylation sites (tertiary alicyclic amines) is 1. The molecular weight excluding hydrogens is 200 g/mol. The van der Waals surface area contributed by atoms with Crippen LogP contribution in [-0.2, 0) is 4.79 Å². The molecule has 3 heteroatoms. The molecule has 1 atom stereocenters. The predicted molar refractivity (Wildman–Crippen MR) is 67.4 cm³/mol. The Morgan fingerprint density at radius 3 is 2.50 bits per heavy atom. The van der Waals surface area contributed by atoms with Crippen LogP contribution in [0.5, 0.6) is 0 Å². The van der Waals surface area contributed by atoms with Crippen LogP contribution in [0.15, 0.2) is 0 Å². The molecule has 1 aliphatic heterocycles. The third-order valence-electron chi connectivity index (χ3n) is 4.06. The Balaban J connectivity index is 2.76. The van der Waals surface area contributed by atoms with E-state index < -0.39 is 0 Å². The molecule has 1 N–H and O–H groups in total. The Morgan fingerprint density at radius 1 is 1.38 bits per heavy atom. The van der Waals surface area contributed by atoms with Gasteiger partial charge in [0.1, 0.15) is 0 Å². The van der Waals surface area contributed by atoms with E-state index in [-0.39, 0.29) is 11.6 Å². The lowest BCUT2D eigenvalue weighted by Crippen LogP contribution is -2.58. The van der Waals surface area contributed by atoms with Crippen LogP contribution in [0.4, 0.5) is 0 Å². The molecule has 94 valence electrons. The molecule has 1 aliphatic rings. The van der Waals surface area contributed by atoms with Crippen molar-refractivity contribution in [1.82, 2.24) is 10.2 Å². The number of hydrogen-bond acceptors (Lipinski definition) is 2. The summed E-state index contributed by atoms with van der Waals surface area (Å²) in [5.74, 6) is 0.305. The zero-order valence-electron chi connectivity index (χ0n) is 11.2. The van der Waals surface area contributed by atoms with Crippen LogP contribution < -0.4 is 5.32 Å². The lowest BCUT2D eigenvalue weighted by Gasteiger charge is -2.45. The summed E-state index contributed by atoms with van der Waals surface area (Å²) in [6.45, 7) is 10.4. The molecule has 0 radical (unpaired) electrons. The molecule has 0 aliphatic carbocycles. The fourth-order valence-corrected chi connectivity index (χ4v) is 2.48. The normalized spacial score (nSPS) is 22.6.